The van der Waals surface area contributed by atoms with Gasteiger partial charge in [0.2, 0.25) is 88.6 Å². The van der Waals surface area contributed by atoms with Gasteiger partial charge in [-0.25, -0.2) is 4.79 Å². The van der Waals surface area contributed by atoms with Gasteiger partial charge in [-0.05, 0) is 182 Å². The van der Waals surface area contributed by atoms with Crippen molar-refractivity contribution in [2.45, 2.75) is 218 Å². The van der Waals surface area contributed by atoms with Gasteiger partial charge in [0.25, 0.3) is 0 Å². The average Bonchev–Trinajstić information content (AvgIpc) is 0.797. The Labute approximate surface area is 757 Å². The molecule has 0 spiro atoms. The number of hydrogen-bond acceptors (Lipinski definition) is 25. The molecule has 6 rings (SSSR count). The Hall–Kier alpha value is -12.3. The summed E-state index contributed by atoms with van der Waals surface area (Å²) < 4.78 is 17.4. The molecule has 1 fully saturated rings. The lowest BCUT2D eigenvalue weighted by atomic mass is 9.90. The smallest absolute Gasteiger partial charge is 0.336 e. The van der Waals surface area contributed by atoms with E-state index in [1.165, 1.54) is 61.2 Å². The van der Waals surface area contributed by atoms with Gasteiger partial charge in [-0.2, -0.15) is 0 Å². The van der Waals surface area contributed by atoms with Crippen molar-refractivity contribution in [3.63, 3.8) is 0 Å². The largest absolute Gasteiger partial charge is 0.508 e. The molecule has 3 aliphatic heterocycles. The molecule has 0 saturated carbocycles. The maximum absolute atomic E-state index is 15.2. The molecule has 1 aliphatic carbocycles. The summed E-state index contributed by atoms with van der Waals surface area (Å²) in [6, 6.07) is 1.40. The van der Waals surface area contributed by atoms with Gasteiger partial charge in [0.1, 0.15) is 83.1 Å². The number of nitrogens with zero attached hydrogens (tertiary/aromatic N) is 1. The predicted molar refractivity (Wildman–Crippen MR) is 479 cm³/mol. The molecule has 15 amide bonds. The van der Waals surface area contributed by atoms with Crippen LogP contribution in [0.15, 0.2) is 76.0 Å². The number of carboxylic acid groups (broad SMARTS) is 1. The van der Waals surface area contributed by atoms with E-state index in [9.17, 15) is 97.1 Å². The third kappa shape index (κ3) is 32.7. The molecule has 714 valence electrons. The van der Waals surface area contributed by atoms with Crippen molar-refractivity contribution in [3.05, 3.63) is 82.5 Å². The van der Waals surface area contributed by atoms with Crippen molar-refractivity contribution in [3.8, 4) is 28.2 Å². The van der Waals surface area contributed by atoms with E-state index in [1.54, 1.807) is 65.8 Å². The number of likely N-dealkylation sites (tertiary alicyclic amines) is 1. The van der Waals surface area contributed by atoms with Gasteiger partial charge in [-0.15, -0.1) is 0 Å². The Kier molecular flexibility index (Phi) is 42.9. The van der Waals surface area contributed by atoms with Crippen LogP contribution in [0.1, 0.15) is 168 Å². The number of anilines is 1. The molecular formula is C87H126N18O24S. The summed E-state index contributed by atoms with van der Waals surface area (Å²) in [5.74, 6) is -16.0. The van der Waals surface area contributed by atoms with Gasteiger partial charge in [0.15, 0.2) is 10.5 Å². The van der Waals surface area contributed by atoms with Crippen LogP contribution in [-0.4, -0.2) is 263 Å². The van der Waals surface area contributed by atoms with Crippen LogP contribution in [0, 0.1) is 17.8 Å². The number of allylic oxidation sites excluding steroid dienone is 2. The zero-order chi connectivity index (χ0) is 96.1. The monoisotopic (exact) mass is 1840 g/mol. The molecular weight excluding hydrogens is 1710 g/mol. The van der Waals surface area contributed by atoms with Crippen molar-refractivity contribution in [1.29, 1.82) is 0 Å². The minimum Gasteiger partial charge on any atom is -0.508 e. The number of carbonyl (C=O) groups is 16. The highest BCUT2D eigenvalue weighted by Crippen LogP contribution is 2.43. The van der Waals surface area contributed by atoms with E-state index in [0.29, 0.717) is 41.5 Å². The molecule has 43 heteroatoms. The van der Waals surface area contributed by atoms with Gasteiger partial charge in [-0.1, -0.05) is 66.5 Å². The van der Waals surface area contributed by atoms with E-state index in [0.717, 1.165) is 0 Å². The first kappa shape index (κ1) is 106. The van der Waals surface area contributed by atoms with Crippen molar-refractivity contribution >= 4 is 129 Å². The average molecular weight is 1840 g/mol. The van der Waals surface area contributed by atoms with Crippen molar-refractivity contribution < 1.29 is 111 Å². The fraction of sp³-hybridized carbons (Fsp3) is 0.563. The number of hydrogen-bond donors (Lipinski definition) is 21. The number of aromatic hydroxyl groups is 1. The number of nitrogens with two attached hydrogens (primary N) is 3. The highest BCUT2D eigenvalue weighted by atomic mass is 32.1. The van der Waals surface area contributed by atoms with Gasteiger partial charge in [0.05, 0.1) is 58.2 Å². The van der Waals surface area contributed by atoms with Gasteiger partial charge in [0, 0.05) is 53.8 Å². The zero-order valence-corrected chi connectivity index (χ0v) is 75.4. The summed E-state index contributed by atoms with van der Waals surface area (Å²) in [6.45, 7) is 9.02. The number of rotatable bonds is 41. The number of unbranched alkanes of at least 4 members (excludes halogenated alkanes) is 1. The number of carbonyl (C=O) groups excluding carboxylic acids is 15. The normalized spacial score (nSPS) is 20.0. The van der Waals surface area contributed by atoms with E-state index in [4.69, 9.17) is 43.3 Å². The minimum atomic E-state index is -1.92. The molecule has 3 heterocycles. The van der Waals surface area contributed by atoms with Gasteiger partial charge >= 0.3 is 5.97 Å². The Bertz CT molecular complexity index is 4740. The second-order valence-electron chi connectivity index (χ2n) is 33.1. The highest BCUT2D eigenvalue weighted by molar-refractivity contribution is 7.80. The van der Waals surface area contributed by atoms with Gasteiger partial charge < -0.3 is 131 Å². The van der Waals surface area contributed by atoms with Crippen LogP contribution < -0.4 is 97.1 Å². The molecule has 0 bridgehead atoms. The molecule has 42 nitrogen and oxygen atoms in total. The van der Waals surface area contributed by atoms with Crippen molar-refractivity contribution in [1.82, 2.24) is 74.0 Å². The Morgan fingerprint density at radius 3 is 2.05 bits per heavy atom. The van der Waals surface area contributed by atoms with Crippen molar-refractivity contribution in [2.24, 2.45) is 35.0 Å². The lowest BCUT2D eigenvalue weighted by Gasteiger charge is -2.35. The number of amides is 15. The number of aliphatic hydroxyl groups is 2. The summed E-state index contributed by atoms with van der Waals surface area (Å²) in [5.41, 5.74) is 14.1. The number of ether oxygens (including phenoxy) is 2. The Morgan fingerprint density at radius 2 is 1.39 bits per heavy atom. The topological polar surface area (TPSA) is 652 Å². The fourth-order valence-corrected chi connectivity index (χ4v) is 14.8. The second-order valence-corrected chi connectivity index (χ2v) is 33.5. The van der Waals surface area contributed by atoms with Crippen LogP contribution in [0.5, 0.6) is 5.75 Å². The van der Waals surface area contributed by atoms with Crippen LogP contribution in [0.2, 0.25) is 0 Å². The molecule has 12 atom stereocenters. The van der Waals surface area contributed by atoms with Gasteiger partial charge in [-0.3, -0.25) is 76.7 Å². The summed E-state index contributed by atoms with van der Waals surface area (Å²) >= 11 is 5.56. The zero-order valence-electron chi connectivity index (χ0n) is 74.5. The lowest BCUT2D eigenvalue weighted by molar-refractivity contribution is -0.143. The Balaban J connectivity index is 1.14. The van der Waals surface area contributed by atoms with E-state index in [1.807, 2.05) is 0 Å². The second kappa shape index (κ2) is 52.4. The number of aliphatic hydroxyl groups excluding tert-OH is 2. The maximum Gasteiger partial charge on any atom is 0.336 e. The van der Waals surface area contributed by atoms with E-state index >= 15 is 4.79 Å². The molecule has 2 aromatic rings. The number of phenolic OH excluding ortho intramolecular Hbond substituents is 1. The number of aromatic carboxylic acids is 1. The SMILES string of the molecule is CC[C@H](C)[C@H](NC(=O)[C@]1(C)CCCC=CCCC[C@](C)(NC(=O)[C@H](CCCCN)NC(=O)[C@@H]2CCCN2C(=O)COCCOCCNC(=S)Nc2ccc(C(=O)O)c(-c3c4ccc(=O)cc-4oc4cc(O)ccc34)c2)C(=O)N[C@@H]([C@@H](C)CC)C(=O)N[C@@H](CCC(N)=O)C(=O)N[C@@H](CO)C(=O)NCC(=O)N1)C(=O)N[C@@H](CO)C(=O)NCC(=O)N[C@@H](CC(C)C)C(=O)NCC(N)=O. The minimum absolute atomic E-state index is 0.00996. The molecule has 0 unspecified atom stereocenters. The third-order valence-electron chi connectivity index (χ3n) is 22.3. The number of nitrogens with one attached hydrogen (secondary N) is 14. The number of primary amides is 2. The number of fused-ring (bicyclic) bond motifs is 2. The first-order valence-electron chi connectivity index (χ1n) is 43.5. The number of benzene rings is 3. The van der Waals surface area contributed by atoms with Crippen molar-refractivity contribution in [2.75, 3.05) is 84.2 Å². The molecule has 130 heavy (non-hydrogen) atoms. The standard InChI is InChI=1S/C87H126N18O24S/c1-9-49(5)72-80(121)98-59(28-29-66(89)110)77(118)99-61(45-106)75(116)94-44-69(113)103-86(7,83(125)101-73(50(6)10-2)81(122)100-62(46-107)76(117)93-43-68(112)96-60(38-48(3)4)74(115)92-42-67(90)111)30-16-13-11-12-14-17-31-87(8,84(126)102-72)104-78(119)58(20-15-18-32-88)97-79(120)63-21-19-34-105(63)70(114)47-128-37-36-127-35-33-91-85(130)95-51-22-25-54(82(123)124)57(39-51)71-55-26-23-52(108)40-64(55)129-65-41-53(109)24-27-56(65)71/h11-12,22-27,39-41,48-50,58-63,72-73,106-108H,9-10,13-21,28-38,42-47,88H2,1-8H3,(H2,89,110)(H2,90,111)(H,92,115)(H,93,117)(H,94,116)(H,96,112)(H,97,120)(H,98,121)(H,99,118)(H,100,122)(H,101,125)(H,102,126)(H,103,113)(H,104,119)(H,123,124)(H2,91,95,130)/t49-,50-,58-,59-,60-,61-,62-,63-,72-,73-,86-,87-/m0/s1. The van der Waals surface area contributed by atoms with Crippen LogP contribution >= 0.6 is 12.2 Å². The number of carboxylic acids is 1. The highest BCUT2D eigenvalue weighted by Gasteiger charge is 2.44. The first-order valence-corrected chi connectivity index (χ1v) is 43.9. The van der Waals surface area contributed by atoms with Crippen LogP contribution in [0.25, 0.3) is 33.4 Å². The molecule has 0 radical (unpaired) electrons. The lowest BCUT2D eigenvalue weighted by Crippen LogP contribution is -2.65. The molecule has 0 aromatic heterocycles. The summed E-state index contributed by atoms with van der Waals surface area (Å²) in [5, 5.41) is 78.5. The summed E-state index contributed by atoms with van der Waals surface area (Å²) in [6.07, 6.45) is 5.05. The van der Waals surface area contributed by atoms with Crippen LogP contribution in [-0.2, 0) is 81.4 Å². The predicted octanol–water partition coefficient (Wildman–Crippen LogP) is -1.32. The fourth-order valence-electron chi connectivity index (χ4n) is 14.5. The van der Waals surface area contributed by atoms with E-state index in [-0.39, 0.29) is 155 Å². The summed E-state index contributed by atoms with van der Waals surface area (Å²) in [7, 11) is 0. The number of thiocarbonyl (C=S) groups is 1. The molecule has 2 aromatic carbocycles. The number of phenols is 1. The summed E-state index contributed by atoms with van der Waals surface area (Å²) in [4.78, 5) is 233. The molecule has 4 aliphatic rings. The first-order chi connectivity index (χ1) is 61.7. The van der Waals surface area contributed by atoms with E-state index < -0.39 is 218 Å². The third-order valence-corrected chi connectivity index (χ3v) is 22.5. The van der Waals surface area contributed by atoms with E-state index in [2.05, 4.69) is 74.4 Å². The van der Waals surface area contributed by atoms with Crippen LogP contribution in [0.4, 0.5) is 5.69 Å². The van der Waals surface area contributed by atoms with Crippen LogP contribution in [0.3, 0.4) is 0 Å². The Morgan fingerprint density at radius 1 is 0.700 bits per heavy atom. The molecule has 24 N–H and O–H groups in total. The maximum atomic E-state index is 15.2. The molecule has 1 saturated heterocycles. The quantitative estimate of drug-likeness (QED) is 0.0106.